The van der Waals surface area contributed by atoms with Crippen LogP contribution in [-0.4, -0.2) is 9.98 Å². The van der Waals surface area contributed by atoms with Gasteiger partial charge in [-0.3, -0.25) is 0 Å². The van der Waals surface area contributed by atoms with Crippen molar-refractivity contribution >= 4 is 34.4 Å². The number of thiocarbonyl (C=S) groups is 2. The van der Waals surface area contributed by atoms with E-state index >= 15 is 0 Å². The lowest BCUT2D eigenvalue weighted by Gasteiger charge is -2.15. The fourth-order valence-corrected chi connectivity index (χ4v) is 2.33. The van der Waals surface area contributed by atoms with Crippen molar-refractivity contribution in [3.8, 4) is 6.07 Å². The summed E-state index contributed by atoms with van der Waals surface area (Å²) in [6.07, 6.45) is 0.813. The molecule has 1 aromatic rings. The standard InChI is InChI=1S/C13H15N3S2/c1-7(2)5-8-3-4-9(6-14)11(13(16)18)10(8)12(15)17/h3-4,7H,5H2,1-2H3,(H2,15,17)(H2,16,18). The van der Waals surface area contributed by atoms with E-state index in [1.807, 2.05) is 6.07 Å². The Morgan fingerprint density at radius 2 is 1.78 bits per heavy atom. The predicted molar refractivity (Wildman–Crippen MR) is 81.5 cm³/mol. The van der Waals surface area contributed by atoms with Crippen LogP contribution in [0.1, 0.15) is 36.1 Å². The molecule has 0 saturated carbocycles. The number of benzene rings is 1. The molecule has 0 radical (unpaired) electrons. The van der Waals surface area contributed by atoms with E-state index in [0.717, 1.165) is 12.0 Å². The van der Waals surface area contributed by atoms with Gasteiger partial charge in [0.05, 0.1) is 11.6 Å². The van der Waals surface area contributed by atoms with Crippen LogP contribution in [-0.2, 0) is 6.42 Å². The zero-order valence-electron chi connectivity index (χ0n) is 10.4. The Balaban J connectivity index is 3.58. The molecule has 0 aromatic heterocycles. The molecule has 0 heterocycles. The first-order chi connectivity index (χ1) is 8.38. The van der Waals surface area contributed by atoms with Crippen LogP contribution in [0.4, 0.5) is 0 Å². The molecule has 0 atom stereocenters. The zero-order valence-corrected chi connectivity index (χ0v) is 12.0. The molecular formula is C13H15N3S2. The highest BCUT2D eigenvalue weighted by molar-refractivity contribution is 7.81. The Labute approximate surface area is 118 Å². The monoisotopic (exact) mass is 277 g/mol. The average molecular weight is 277 g/mol. The van der Waals surface area contributed by atoms with Gasteiger partial charge < -0.3 is 11.5 Å². The summed E-state index contributed by atoms with van der Waals surface area (Å²) in [4.78, 5) is 0.380. The molecule has 0 bridgehead atoms. The Morgan fingerprint density at radius 3 is 2.17 bits per heavy atom. The first-order valence-corrected chi connectivity index (χ1v) is 6.35. The first kappa shape index (κ1) is 14.6. The zero-order chi connectivity index (χ0) is 13.9. The third kappa shape index (κ3) is 3.03. The quantitative estimate of drug-likeness (QED) is 0.824. The summed E-state index contributed by atoms with van der Waals surface area (Å²) in [6, 6.07) is 5.66. The highest BCUT2D eigenvalue weighted by Gasteiger charge is 2.18. The molecule has 94 valence electrons. The molecular weight excluding hydrogens is 262 g/mol. The van der Waals surface area contributed by atoms with Crippen LogP contribution >= 0.6 is 24.4 Å². The minimum atomic E-state index is 0.153. The van der Waals surface area contributed by atoms with Gasteiger partial charge in [-0.2, -0.15) is 5.26 Å². The van der Waals surface area contributed by atoms with Crippen LogP contribution in [0.3, 0.4) is 0 Å². The van der Waals surface area contributed by atoms with Crippen molar-refractivity contribution in [1.29, 1.82) is 5.26 Å². The van der Waals surface area contributed by atoms with Gasteiger partial charge in [0.2, 0.25) is 0 Å². The lowest BCUT2D eigenvalue weighted by atomic mass is 9.91. The third-order valence-corrected chi connectivity index (χ3v) is 2.94. The van der Waals surface area contributed by atoms with E-state index in [1.165, 1.54) is 0 Å². The van der Waals surface area contributed by atoms with Crippen molar-refractivity contribution in [3.05, 3.63) is 34.4 Å². The minimum Gasteiger partial charge on any atom is -0.389 e. The van der Waals surface area contributed by atoms with E-state index in [4.69, 9.17) is 41.2 Å². The van der Waals surface area contributed by atoms with Gasteiger partial charge in [-0.25, -0.2) is 0 Å². The molecule has 0 fully saturated rings. The van der Waals surface area contributed by atoms with Gasteiger partial charge in [0, 0.05) is 11.1 Å². The Kier molecular flexibility index (Phi) is 4.76. The summed E-state index contributed by atoms with van der Waals surface area (Å²) in [5, 5.41) is 9.10. The molecule has 0 saturated heterocycles. The van der Waals surface area contributed by atoms with Crippen molar-refractivity contribution in [3.63, 3.8) is 0 Å². The second-order valence-electron chi connectivity index (χ2n) is 4.46. The minimum absolute atomic E-state index is 0.153. The van der Waals surface area contributed by atoms with Crippen LogP contribution in [0.5, 0.6) is 0 Å². The smallest absolute Gasteiger partial charge is 0.106 e. The number of rotatable bonds is 4. The first-order valence-electron chi connectivity index (χ1n) is 5.54. The lowest BCUT2D eigenvalue weighted by molar-refractivity contribution is 0.646. The highest BCUT2D eigenvalue weighted by atomic mass is 32.1. The summed E-state index contributed by atoms with van der Waals surface area (Å²) in [6.45, 7) is 4.20. The molecule has 1 rings (SSSR count). The van der Waals surface area contributed by atoms with Gasteiger partial charge in [-0.1, -0.05) is 44.3 Å². The second-order valence-corrected chi connectivity index (χ2v) is 5.34. The number of nitrogens with two attached hydrogens (primary N) is 2. The van der Waals surface area contributed by atoms with Crippen LogP contribution in [0.25, 0.3) is 0 Å². The van der Waals surface area contributed by atoms with E-state index in [9.17, 15) is 0 Å². The Hall–Kier alpha value is -1.51. The van der Waals surface area contributed by atoms with Gasteiger partial charge >= 0.3 is 0 Å². The maximum Gasteiger partial charge on any atom is 0.106 e. The fraction of sp³-hybridized carbons (Fsp3) is 0.308. The van der Waals surface area contributed by atoms with Crippen molar-refractivity contribution < 1.29 is 0 Å². The Bertz CT molecular complexity index is 542. The molecule has 0 spiro atoms. The molecule has 5 heteroatoms. The summed E-state index contributed by atoms with van der Waals surface area (Å²) < 4.78 is 0. The number of nitriles is 1. The number of nitrogens with zero attached hydrogens (tertiary/aromatic N) is 1. The SMILES string of the molecule is CC(C)Cc1ccc(C#N)c(C(N)=S)c1C(N)=S. The van der Waals surface area contributed by atoms with Crippen molar-refractivity contribution in [2.75, 3.05) is 0 Å². The average Bonchev–Trinajstić information content (AvgIpc) is 2.26. The van der Waals surface area contributed by atoms with E-state index < -0.39 is 0 Å². The Morgan fingerprint density at radius 1 is 1.22 bits per heavy atom. The lowest BCUT2D eigenvalue weighted by Crippen LogP contribution is -2.23. The van der Waals surface area contributed by atoms with Gasteiger partial charge in [-0.05, 0) is 24.0 Å². The maximum absolute atomic E-state index is 9.10. The predicted octanol–water partition coefficient (Wildman–Crippen LogP) is 2.03. The van der Waals surface area contributed by atoms with E-state index in [2.05, 4.69) is 19.9 Å². The fourth-order valence-electron chi connectivity index (χ4n) is 1.89. The van der Waals surface area contributed by atoms with Gasteiger partial charge in [0.25, 0.3) is 0 Å². The van der Waals surface area contributed by atoms with Crippen LogP contribution in [0, 0.1) is 17.2 Å². The summed E-state index contributed by atoms with van der Waals surface area (Å²) in [5.74, 6) is 0.449. The molecule has 0 unspecified atom stereocenters. The van der Waals surface area contributed by atoms with Crippen LogP contribution in [0.2, 0.25) is 0 Å². The van der Waals surface area contributed by atoms with Gasteiger partial charge in [-0.15, -0.1) is 0 Å². The maximum atomic E-state index is 9.10. The molecule has 0 aliphatic heterocycles. The normalized spacial score (nSPS) is 10.1. The van der Waals surface area contributed by atoms with Gasteiger partial charge in [0.15, 0.2) is 0 Å². The van der Waals surface area contributed by atoms with E-state index in [0.29, 0.717) is 22.6 Å². The molecule has 1 aromatic carbocycles. The van der Waals surface area contributed by atoms with Crippen molar-refractivity contribution in [1.82, 2.24) is 0 Å². The van der Waals surface area contributed by atoms with Gasteiger partial charge in [0.1, 0.15) is 9.98 Å². The van der Waals surface area contributed by atoms with E-state index in [-0.39, 0.29) is 9.98 Å². The molecule has 0 aliphatic carbocycles. The molecule has 4 N–H and O–H groups in total. The van der Waals surface area contributed by atoms with Crippen LogP contribution in [0.15, 0.2) is 12.1 Å². The largest absolute Gasteiger partial charge is 0.389 e. The molecule has 0 amide bonds. The van der Waals surface area contributed by atoms with Crippen molar-refractivity contribution in [2.24, 2.45) is 17.4 Å². The molecule has 18 heavy (non-hydrogen) atoms. The number of hydrogen-bond donors (Lipinski definition) is 2. The van der Waals surface area contributed by atoms with E-state index in [1.54, 1.807) is 6.07 Å². The molecule has 3 nitrogen and oxygen atoms in total. The summed E-state index contributed by atoms with van der Waals surface area (Å²) in [5.41, 5.74) is 14.0. The topological polar surface area (TPSA) is 75.8 Å². The highest BCUT2D eigenvalue weighted by Crippen LogP contribution is 2.22. The summed E-state index contributed by atoms with van der Waals surface area (Å²) in [7, 11) is 0. The third-order valence-electron chi connectivity index (χ3n) is 2.53. The number of hydrogen-bond acceptors (Lipinski definition) is 3. The van der Waals surface area contributed by atoms with Crippen molar-refractivity contribution in [2.45, 2.75) is 20.3 Å². The van der Waals surface area contributed by atoms with Crippen LogP contribution < -0.4 is 11.5 Å². The molecule has 0 aliphatic rings. The second kappa shape index (κ2) is 5.89. The summed E-state index contributed by atoms with van der Waals surface area (Å²) >= 11 is 10.1.